The summed E-state index contributed by atoms with van der Waals surface area (Å²) < 4.78 is 1.58. The summed E-state index contributed by atoms with van der Waals surface area (Å²) in [5, 5.41) is 11.4. The highest BCUT2D eigenvalue weighted by Gasteiger charge is 2.33. The molecule has 0 saturated heterocycles. The monoisotopic (exact) mass is 484 g/mol. The van der Waals surface area contributed by atoms with Gasteiger partial charge in [0.05, 0.1) is 5.52 Å². The molecule has 0 unspecified atom stereocenters. The molecule has 0 spiro atoms. The zero-order chi connectivity index (χ0) is 25.7. The zero-order valence-electron chi connectivity index (χ0n) is 21.2. The van der Waals surface area contributed by atoms with Gasteiger partial charge in [-0.15, -0.1) is 5.10 Å². The van der Waals surface area contributed by atoms with Crippen LogP contribution in [0.3, 0.4) is 0 Å². The number of rotatable bonds is 9. The summed E-state index contributed by atoms with van der Waals surface area (Å²) >= 11 is 0. The van der Waals surface area contributed by atoms with E-state index in [1.165, 1.54) is 0 Å². The molecule has 186 valence electrons. The molecule has 0 aliphatic carbocycles. The first-order valence-corrected chi connectivity index (χ1v) is 12.2. The molecular weight excluding hydrogens is 452 g/mol. The summed E-state index contributed by atoms with van der Waals surface area (Å²) in [6, 6.07) is 16.1. The van der Waals surface area contributed by atoms with E-state index in [1.807, 2.05) is 56.3 Å². The Labute approximate surface area is 211 Å². The lowest BCUT2D eigenvalue weighted by Gasteiger charge is -2.32. The number of aryl methyl sites for hydroxylation is 2. The van der Waals surface area contributed by atoms with Gasteiger partial charge in [-0.1, -0.05) is 37.3 Å². The molecule has 8 nitrogen and oxygen atoms in total. The van der Waals surface area contributed by atoms with Crippen LogP contribution in [0.15, 0.2) is 67.0 Å². The topological polar surface area (TPSA) is 93.0 Å². The Kier molecular flexibility index (Phi) is 7.73. The number of anilines is 1. The second kappa shape index (κ2) is 11.1. The lowest BCUT2D eigenvalue weighted by Crippen LogP contribution is -2.45. The molecule has 2 heterocycles. The molecule has 4 rings (SSSR count). The molecule has 0 bridgehead atoms. The maximum Gasteiger partial charge on any atom is 0.249 e. The Morgan fingerprint density at radius 3 is 2.39 bits per heavy atom. The minimum Gasteiger partial charge on any atom is -0.354 e. The van der Waals surface area contributed by atoms with Crippen LogP contribution in [0.4, 0.5) is 5.69 Å². The van der Waals surface area contributed by atoms with Crippen molar-refractivity contribution in [3.63, 3.8) is 0 Å². The minimum absolute atomic E-state index is 0.0612. The number of nitrogens with one attached hydrogen (secondary N) is 1. The van der Waals surface area contributed by atoms with Gasteiger partial charge in [0.25, 0.3) is 0 Å². The average Bonchev–Trinajstić information content (AvgIpc) is 3.24. The molecule has 0 aliphatic rings. The summed E-state index contributed by atoms with van der Waals surface area (Å²) in [5.74, 6) is -0.0586. The summed E-state index contributed by atoms with van der Waals surface area (Å²) in [5.41, 5.74) is 4.81. The van der Waals surface area contributed by atoms with Gasteiger partial charge in [0.1, 0.15) is 18.1 Å². The molecule has 0 fully saturated rings. The summed E-state index contributed by atoms with van der Waals surface area (Å²) in [7, 11) is 0. The molecule has 0 saturated carbocycles. The first-order chi connectivity index (χ1) is 17.3. The van der Waals surface area contributed by atoms with Crippen LogP contribution in [0.5, 0.6) is 0 Å². The summed E-state index contributed by atoms with van der Waals surface area (Å²) in [6.45, 7) is 8.65. The number of fused-ring (bicyclic) bond motifs is 1. The Morgan fingerprint density at radius 1 is 1.00 bits per heavy atom. The highest BCUT2D eigenvalue weighted by atomic mass is 16.2. The van der Waals surface area contributed by atoms with Gasteiger partial charge < -0.3 is 5.32 Å². The quantitative estimate of drug-likeness (QED) is 0.381. The third-order valence-electron chi connectivity index (χ3n) is 6.01. The van der Waals surface area contributed by atoms with E-state index in [9.17, 15) is 9.59 Å². The first kappa shape index (κ1) is 25.0. The SMILES string of the molecule is Cc1cc(C)cc(N(C(=O)Cn2nnc3ccccc32)[C@@H](C(=O)NCCC(C)C)c2ccncc2)c1. The predicted octanol–water partition coefficient (Wildman–Crippen LogP) is 4.38. The van der Waals surface area contributed by atoms with Crippen LogP contribution in [0.25, 0.3) is 11.0 Å². The van der Waals surface area contributed by atoms with Crippen molar-refractivity contribution in [1.29, 1.82) is 0 Å². The van der Waals surface area contributed by atoms with E-state index in [-0.39, 0.29) is 18.4 Å². The Balaban J connectivity index is 1.77. The van der Waals surface area contributed by atoms with Crippen LogP contribution in [0.1, 0.15) is 43.0 Å². The number of hydrogen-bond acceptors (Lipinski definition) is 5. The van der Waals surface area contributed by atoms with E-state index in [4.69, 9.17) is 0 Å². The number of amides is 2. The van der Waals surface area contributed by atoms with Gasteiger partial charge in [-0.3, -0.25) is 19.5 Å². The van der Waals surface area contributed by atoms with Gasteiger partial charge in [0, 0.05) is 24.6 Å². The van der Waals surface area contributed by atoms with Gasteiger partial charge in [-0.25, -0.2) is 4.68 Å². The van der Waals surface area contributed by atoms with Crippen molar-refractivity contribution in [1.82, 2.24) is 25.3 Å². The minimum atomic E-state index is -0.872. The zero-order valence-corrected chi connectivity index (χ0v) is 21.2. The van der Waals surface area contributed by atoms with Gasteiger partial charge >= 0.3 is 0 Å². The Morgan fingerprint density at radius 2 is 1.69 bits per heavy atom. The number of para-hydroxylation sites is 1. The number of carbonyl (C=O) groups is 2. The Bertz CT molecular complexity index is 1330. The highest BCUT2D eigenvalue weighted by molar-refractivity contribution is 6.01. The van der Waals surface area contributed by atoms with Gasteiger partial charge in [0.2, 0.25) is 11.8 Å². The van der Waals surface area contributed by atoms with Crippen molar-refractivity contribution in [2.24, 2.45) is 5.92 Å². The van der Waals surface area contributed by atoms with Crippen molar-refractivity contribution < 1.29 is 9.59 Å². The fourth-order valence-electron chi connectivity index (χ4n) is 4.31. The van der Waals surface area contributed by atoms with Crippen molar-refractivity contribution in [3.8, 4) is 0 Å². The maximum absolute atomic E-state index is 14.0. The molecule has 0 radical (unpaired) electrons. The maximum atomic E-state index is 14.0. The van der Waals surface area contributed by atoms with E-state index in [0.29, 0.717) is 29.2 Å². The molecule has 36 heavy (non-hydrogen) atoms. The molecule has 0 aliphatic heterocycles. The van der Waals surface area contributed by atoms with E-state index in [0.717, 1.165) is 23.1 Å². The fraction of sp³-hybridized carbons (Fsp3) is 0.321. The third kappa shape index (κ3) is 5.76. The predicted molar refractivity (Wildman–Crippen MR) is 140 cm³/mol. The number of hydrogen-bond donors (Lipinski definition) is 1. The van der Waals surface area contributed by atoms with Crippen molar-refractivity contribution in [3.05, 3.63) is 83.7 Å². The molecule has 2 aromatic carbocycles. The van der Waals surface area contributed by atoms with Gasteiger partial charge in [-0.2, -0.15) is 0 Å². The lowest BCUT2D eigenvalue weighted by atomic mass is 10.0. The van der Waals surface area contributed by atoms with Crippen LogP contribution in [-0.4, -0.2) is 38.3 Å². The van der Waals surface area contributed by atoms with Crippen molar-refractivity contribution in [2.45, 2.75) is 46.7 Å². The van der Waals surface area contributed by atoms with Crippen molar-refractivity contribution in [2.75, 3.05) is 11.4 Å². The fourth-order valence-corrected chi connectivity index (χ4v) is 4.31. The molecule has 4 aromatic rings. The highest BCUT2D eigenvalue weighted by Crippen LogP contribution is 2.30. The summed E-state index contributed by atoms with van der Waals surface area (Å²) in [4.78, 5) is 33.4. The first-order valence-electron chi connectivity index (χ1n) is 12.2. The van der Waals surface area contributed by atoms with Crippen molar-refractivity contribution >= 4 is 28.5 Å². The molecule has 1 N–H and O–H groups in total. The molecule has 2 aromatic heterocycles. The standard InChI is InChI=1S/C28H32N6O2/c1-19(2)9-14-30-28(36)27(22-10-12-29-13-11-22)34(23-16-20(3)15-21(4)17-23)26(35)18-33-25-8-6-5-7-24(25)31-32-33/h5-8,10-13,15-17,19,27H,9,14,18H2,1-4H3,(H,30,36)/t27-/m1/s1. The third-order valence-corrected chi connectivity index (χ3v) is 6.01. The van der Waals surface area contributed by atoms with Crippen LogP contribution in [0.2, 0.25) is 0 Å². The molecule has 1 atom stereocenters. The van der Waals surface area contributed by atoms with E-state index >= 15 is 0 Å². The Hall–Kier alpha value is -4.07. The van der Waals surface area contributed by atoms with Gasteiger partial charge in [-0.05, 0) is 79.3 Å². The normalized spacial score (nSPS) is 12.0. The lowest BCUT2D eigenvalue weighted by molar-refractivity contribution is -0.127. The van der Waals surface area contributed by atoms with Crippen LogP contribution in [-0.2, 0) is 16.1 Å². The van der Waals surface area contributed by atoms with Crippen LogP contribution >= 0.6 is 0 Å². The van der Waals surface area contributed by atoms with Crippen LogP contribution < -0.4 is 10.2 Å². The van der Waals surface area contributed by atoms with E-state index < -0.39 is 6.04 Å². The molecular formula is C28H32N6O2. The number of nitrogens with zero attached hydrogens (tertiary/aromatic N) is 5. The second-order valence-corrected chi connectivity index (χ2v) is 9.50. The average molecular weight is 485 g/mol. The smallest absolute Gasteiger partial charge is 0.249 e. The second-order valence-electron chi connectivity index (χ2n) is 9.50. The molecule has 8 heteroatoms. The molecule has 2 amide bonds. The van der Waals surface area contributed by atoms with Gasteiger partial charge in [0.15, 0.2) is 0 Å². The number of carbonyl (C=O) groups excluding carboxylic acids is 2. The number of aromatic nitrogens is 4. The number of pyridine rings is 1. The number of benzene rings is 2. The van der Waals surface area contributed by atoms with E-state index in [2.05, 4.69) is 34.5 Å². The van der Waals surface area contributed by atoms with Crippen LogP contribution in [0, 0.1) is 19.8 Å². The summed E-state index contributed by atoms with van der Waals surface area (Å²) in [6.07, 6.45) is 4.12. The largest absolute Gasteiger partial charge is 0.354 e. The van der Waals surface area contributed by atoms with E-state index in [1.54, 1.807) is 34.1 Å².